The maximum atomic E-state index is 12.1. The fourth-order valence-corrected chi connectivity index (χ4v) is 2.75. The van der Waals surface area contributed by atoms with Gasteiger partial charge in [-0.2, -0.15) is 0 Å². The number of benzene rings is 1. The lowest BCUT2D eigenvalue weighted by Gasteiger charge is -2.06. The molecule has 1 rings (SSSR count). The van der Waals surface area contributed by atoms with Crippen molar-refractivity contribution in [2.75, 3.05) is 0 Å². The van der Waals surface area contributed by atoms with E-state index < -0.39 is 0 Å². The zero-order chi connectivity index (χ0) is 19.2. The second kappa shape index (κ2) is 13.0. The smallest absolute Gasteiger partial charge is 0.170 e. The summed E-state index contributed by atoms with van der Waals surface area (Å²) in [4.78, 5) is 12.1. The lowest BCUT2D eigenvalue weighted by Crippen LogP contribution is -2.00. The van der Waals surface area contributed by atoms with E-state index in [1.54, 1.807) is 0 Å². The summed E-state index contributed by atoms with van der Waals surface area (Å²) < 4.78 is 0. The minimum Gasteiger partial charge on any atom is -0.508 e. The Bertz CT molecular complexity index is 579. The third-order valence-corrected chi connectivity index (χ3v) is 4.21. The summed E-state index contributed by atoms with van der Waals surface area (Å²) in [6.07, 6.45) is 18.7. The Morgan fingerprint density at radius 3 is 2.00 bits per heavy atom. The van der Waals surface area contributed by atoms with Crippen molar-refractivity contribution < 1.29 is 20.1 Å². The van der Waals surface area contributed by atoms with Crippen LogP contribution in [0.2, 0.25) is 0 Å². The number of aromatic hydroxyl groups is 3. The molecule has 0 fully saturated rings. The third-order valence-electron chi connectivity index (χ3n) is 4.21. The largest absolute Gasteiger partial charge is 0.508 e. The molecule has 0 aliphatic carbocycles. The third kappa shape index (κ3) is 8.75. The second-order valence-electron chi connectivity index (χ2n) is 6.56. The van der Waals surface area contributed by atoms with Crippen LogP contribution in [-0.2, 0) is 0 Å². The number of phenolic OH excluding ortho intramolecular Hbond substituents is 3. The molecule has 0 amide bonds. The molecule has 3 N–H and O–H groups in total. The van der Waals surface area contributed by atoms with Gasteiger partial charge in [-0.1, -0.05) is 50.5 Å². The highest BCUT2D eigenvalue weighted by Gasteiger charge is 2.17. The molecule has 0 bridgehead atoms. The van der Waals surface area contributed by atoms with Gasteiger partial charge in [0, 0.05) is 18.6 Å². The first kappa shape index (κ1) is 21.8. The molecular weight excluding hydrogens is 328 g/mol. The van der Waals surface area contributed by atoms with Crippen molar-refractivity contribution in [3.8, 4) is 17.2 Å². The van der Waals surface area contributed by atoms with Crippen LogP contribution in [0.4, 0.5) is 0 Å². The first-order valence-electron chi connectivity index (χ1n) is 9.64. The molecule has 0 radical (unpaired) electrons. The molecule has 0 spiro atoms. The maximum Gasteiger partial charge on any atom is 0.170 e. The molecular formula is C22H32O4. The van der Waals surface area contributed by atoms with E-state index in [2.05, 4.69) is 31.2 Å². The normalized spacial score (nSPS) is 11.6. The Morgan fingerprint density at radius 1 is 0.846 bits per heavy atom. The summed E-state index contributed by atoms with van der Waals surface area (Å²) in [6.45, 7) is 2.22. The molecule has 0 atom stereocenters. The molecule has 4 nitrogen and oxygen atoms in total. The molecule has 0 saturated heterocycles. The van der Waals surface area contributed by atoms with Crippen LogP contribution in [0, 0.1) is 0 Å². The van der Waals surface area contributed by atoms with Crippen molar-refractivity contribution in [2.24, 2.45) is 0 Å². The van der Waals surface area contributed by atoms with E-state index in [0.29, 0.717) is 6.42 Å². The van der Waals surface area contributed by atoms with Gasteiger partial charge >= 0.3 is 0 Å². The van der Waals surface area contributed by atoms with Crippen LogP contribution in [0.15, 0.2) is 36.4 Å². The molecule has 26 heavy (non-hydrogen) atoms. The summed E-state index contributed by atoms with van der Waals surface area (Å²) in [5.41, 5.74) is -0.109. The lowest BCUT2D eigenvalue weighted by molar-refractivity contribution is 0.0974. The molecule has 1 aromatic rings. The van der Waals surface area contributed by atoms with Crippen LogP contribution >= 0.6 is 0 Å². The van der Waals surface area contributed by atoms with Gasteiger partial charge in [0.25, 0.3) is 0 Å². The van der Waals surface area contributed by atoms with Gasteiger partial charge in [-0.3, -0.25) is 4.79 Å². The molecule has 0 aliphatic heterocycles. The average molecular weight is 360 g/mol. The Kier molecular flexibility index (Phi) is 10.9. The highest BCUT2D eigenvalue weighted by Crippen LogP contribution is 2.33. The molecule has 0 saturated carbocycles. The fourth-order valence-electron chi connectivity index (χ4n) is 2.75. The molecule has 0 aliphatic rings. The van der Waals surface area contributed by atoms with Crippen LogP contribution in [0.3, 0.4) is 0 Å². The number of allylic oxidation sites excluding steroid dienone is 4. The maximum absolute atomic E-state index is 12.1. The monoisotopic (exact) mass is 360 g/mol. The SMILES string of the molecule is CCCCCCC=CCC=CCCCCC(=O)c1c(O)cc(O)cc1O. The molecule has 1 aromatic carbocycles. The van der Waals surface area contributed by atoms with Crippen LogP contribution in [-0.4, -0.2) is 21.1 Å². The number of phenols is 3. The van der Waals surface area contributed by atoms with Crippen LogP contribution in [0.5, 0.6) is 17.2 Å². The summed E-state index contributed by atoms with van der Waals surface area (Å²) in [5, 5.41) is 28.6. The number of unbranched alkanes of at least 4 members (excludes halogenated alkanes) is 6. The van der Waals surface area contributed by atoms with Crippen LogP contribution in [0.1, 0.15) is 81.5 Å². The van der Waals surface area contributed by atoms with Crippen molar-refractivity contribution >= 4 is 5.78 Å². The van der Waals surface area contributed by atoms with E-state index in [1.807, 2.05) is 0 Å². The Morgan fingerprint density at radius 2 is 1.42 bits per heavy atom. The number of hydrogen-bond acceptors (Lipinski definition) is 4. The second-order valence-corrected chi connectivity index (χ2v) is 6.56. The topological polar surface area (TPSA) is 77.8 Å². The molecule has 4 heteroatoms. The van der Waals surface area contributed by atoms with Gasteiger partial charge in [-0.05, 0) is 38.5 Å². The van der Waals surface area contributed by atoms with Crippen molar-refractivity contribution in [2.45, 2.75) is 71.1 Å². The van der Waals surface area contributed by atoms with E-state index in [0.717, 1.165) is 37.8 Å². The van der Waals surface area contributed by atoms with Gasteiger partial charge in [0.1, 0.15) is 22.8 Å². The molecule has 0 aromatic heterocycles. The first-order chi connectivity index (χ1) is 12.6. The van der Waals surface area contributed by atoms with E-state index in [1.165, 1.54) is 25.7 Å². The highest BCUT2D eigenvalue weighted by molar-refractivity contribution is 6.01. The summed E-state index contributed by atoms with van der Waals surface area (Å²) in [7, 11) is 0. The van der Waals surface area contributed by atoms with Gasteiger partial charge in [0.15, 0.2) is 5.78 Å². The minimum atomic E-state index is -0.381. The predicted octanol–water partition coefficient (Wildman–Crippen LogP) is 6.02. The highest BCUT2D eigenvalue weighted by atomic mass is 16.3. The summed E-state index contributed by atoms with van der Waals surface area (Å²) in [5.74, 6) is -1.34. The van der Waals surface area contributed by atoms with E-state index in [9.17, 15) is 20.1 Å². The summed E-state index contributed by atoms with van der Waals surface area (Å²) >= 11 is 0. The Hall–Kier alpha value is -2.23. The quantitative estimate of drug-likeness (QED) is 0.228. The molecule has 144 valence electrons. The van der Waals surface area contributed by atoms with Gasteiger partial charge in [-0.15, -0.1) is 0 Å². The number of rotatable bonds is 13. The van der Waals surface area contributed by atoms with Crippen LogP contribution in [0.25, 0.3) is 0 Å². The van der Waals surface area contributed by atoms with E-state index in [4.69, 9.17) is 0 Å². The van der Waals surface area contributed by atoms with E-state index in [-0.39, 0.29) is 35.0 Å². The number of ketones is 1. The van der Waals surface area contributed by atoms with E-state index >= 15 is 0 Å². The zero-order valence-electron chi connectivity index (χ0n) is 15.8. The van der Waals surface area contributed by atoms with Crippen molar-refractivity contribution in [1.29, 1.82) is 0 Å². The Labute approximate surface area is 156 Å². The zero-order valence-corrected chi connectivity index (χ0v) is 15.8. The average Bonchev–Trinajstić information content (AvgIpc) is 2.58. The Balaban J connectivity index is 2.15. The van der Waals surface area contributed by atoms with Crippen LogP contribution < -0.4 is 0 Å². The first-order valence-corrected chi connectivity index (χ1v) is 9.64. The van der Waals surface area contributed by atoms with Gasteiger partial charge in [0.2, 0.25) is 0 Å². The van der Waals surface area contributed by atoms with Crippen molar-refractivity contribution in [3.05, 3.63) is 42.0 Å². The number of carbonyl (C=O) groups is 1. The lowest BCUT2D eigenvalue weighted by atomic mass is 10.0. The molecule has 0 unspecified atom stereocenters. The molecule has 0 heterocycles. The van der Waals surface area contributed by atoms with Gasteiger partial charge in [-0.25, -0.2) is 0 Å². The minimum absolute atomic E-state index is 0.109. The number of Topliss-reactive ketones (excluding diaryl/α,β-unsaturated/α-hetero) is 1. The van der Waals surface area contributed by atoms with Crippen molar-refractivity contribution in [3.63, 3.8) is 0 Å². The summed E-state index contributed by atoms with van der Waals surface area (Å²) in [6, 6.07) is 2.13. The van der Waals surface area contributed by atoms with Gasteiger partial charge in [0.05, 0.1) is 0 Å². The fraction of sp³-hybridized carbons (Fsp3) is 0.500. The van der Waals surface area contributed by atoms with Crippen molar-refractivity contribution in [1.82, 2.24) is 0 Å². The standard InChI is InChI=1S/C22H32O4/c1-2-3-4-5-6-7-8-9-10-11-12-13-14-15-19(24)22-20(25)16-18(23)17-21(22)26/h7-8,10-11,16-17,23,25-26H,2-6,9,12-15H2,1H3. The van der Waals surface area contributed by atoms with Gasteiger partial charge < -0.3 is 15.3 Å². The number of carbonyl (C=O) groups excluding carboxylic acids is 1. The number of hydrogen-bond donors (Lipinski definition) is 3. The predicted molar refractivity (Wildman–Crippen MR) is 106 cm³/mol.